The van der Waals surface area contributed by atoms with E-state index in [2.05, 4.69) is 10.1 Å². The van der Waals surface area contributed by atoms with E-state index in [0.29, 0.717) is 18.5 Å². The summed E-state index contributed by atoms with van der Waals surface area (Å²) < 4.78 is 4.60. The van der Waals surface area contributed by atoms with E-state index in [1.807, 2.05) is 42.5 Å². The maximum absolute atomic E-state index is 12.3. The monoisotopic (exact) mass is 313 g/mol. The number of amides is 1. The molecule has 1 amide bonds. The van der Waals surface area contributed by atoms with Crippen molar-refractivity contribution < 1.29 is 14.3 Å². The van der Waals surface area contributed by atoms with Gasteiger partial charge in [-0.2, -0.15) is 0 Å². The molecule has 0 saturated carbocycles. The molecule has 0 unspecified atom stereocenters. The van der Waals surface area contributed by atoms with Gasteiger partial charge in [0.2, 0.25) is 0 Å². The number of esters is 1. The summed E-state index contributed by atoms with van der Waals surface area (Å²) in [5.41, 5.74) is 0.716. The Hall–Kier alpha value is -2.36. The molecule has 0 spiro atoms. The third-order valence-electron chi connectivity index (χ3n) is 3.86. The van der Waals surface area contributed by atoms with E-state index in [9.17, 15) is 9.59 Å². The zero-order valence-electron chi connectivity index (χ0n) is 13.5. The number of rotatable bonds is 8. The second-order valence-corrected chi connectivity index (χ2v) is 5.52. The highest BCUT2D eigenvalue weighted by Crippen LogP contribution is 2.18. The van der Waals surface area contributed by atoms with Crippen molar-refractivity contribution in [3.05, 3.63) is 48.0 Å². The van der Waals surface area contributed by atoms with Crippen molar-refractivity contribution in [3.63, 3.8) is 0 Å². The van der Waals surface area contributed by atoms with Crippen molar-refractivity contribution in [1.29, 1.82) is 0 Å². The van der Waals surface area contributed by atoms with Gasteiger partial charge >= 0.3 is 5.97 Å². The average Bonchev–Trinajstić information content (AvgIpc) is 2.59. The number of ether oxygens (including phenoxy) is 1. The highest BCUT2D eigenvalue weighted by molar-refractivity contribution is 6.06. The Bertz CT molecular complexity index is 661. The molecule has 0 bridgehead atoms. The molecule has 2 aromatic rings. The summed E-state index contributed by atoms with van der Waals surface area (Å²) in [6.07, 6.45) is 4.19. The summed E-state index contributed by atoms with van der Waals surface area (Å²) in [6.45, 7) is 0.653. The Balaban J connectivity index is 1.74. The van der Waals surface area contributed by atoms with Crippen LogP contribution in [0.5, 0.6) is 0 Å². The number of hydrogen-bond donors (Lipinski definition) is 1. The first kappa shape index (κ1) is 17.0. The van der Waals surface area contributed by atoms with Gasteiger partial charge in [-0.25, -0.2) is 0 Å². The van der Waals surface area contributed by atoms with Crippen LogP contribution >= 0.6 is 0 Å². The van der Waals surface area contributed by atoms with Gasteiger partial charge in [0.1, 0.15) is 0 Å². The van der Waals surface area contributed by atoms with Crippen molar-refractivity contribution >= 4 is 22.6 Å². The molecule has 0 atom stereocenters. The standard InChI is InChI=1S/C19H23NO3/c1-23-18(21)13-4-2-3-7-14-20-19(22)17-12-8-10-15-9-5-6-11-16(15)17/h5-6,8-12H,2-4,7,13-14H2,1H3,(H,20,22). The number of unbranched alkanes of at least 4 members (excludes halogenated alkanes) is 3. The van der Waals surface area contributed by atoms with Crippen LogP contribution in [0.15, 0.2) is 42.5 Å². The number of hydrogen-bond acceptors (Lipinski definition) is 3. The molecule has 2 rings (SSSR count). The molecule has 1 N–H and O–H groups in total. The molecule has 0 aromatic heterocycles. The smallest absolute Gasteiger partial charge is 0.305 e. The van der Waals surface area contributed by atoms with Crippen LogP contribution < -0.4 is 5.32 Å². The van der Waals surface area contributed by atoms with Gasteiger partial charge in [0.05, 0.1) is 7.11 Å². The van der Waals surface area contributed by atoms with Crippen LogP contribution in [0.1, 0.15) is 42.5 Å². The molecule has 0 aliphatic rings. The van der Waals surface area contributed by atoms with E-state index < -0.39 is 0 Å². The van der Waals surface area contributed by atoms with Crippen LogP contribution in [0.2, 0.25) is 0 Å². The molecular formula is C19H23NO3. The number of benzene rings is 2. The van der Waals surface area contributed by atoms with Crippen molar-refractivity contribution in [2.45, 2.75) is 32.1 Å². The second kappa shape index (κ2) is 8.93. The molecule has 23 heavy (non-hydrogen) atoms. The van der Waals surface area contributed by atoms with E-state index in [0.717, 1.165) is 36.5 Å². The van der Waals surface area contributed by atoms with Crippen LogP contribution in [0.25, 0.3) is 10.8 Å². The van der Waals surface area contributed by atoms with Crippen LogP contribution in [0.4, 0.5) is 0 Å². The number of carbonyl (C=O) groups excluding carboxylic acids is 2. The number of fused-ring (bicyclic) bond motifs is 1. The summed E-state index contributed by atoms with van der Waals surface area (Å²) in [7, 11) is 1.41. The minimum Gasteiger partial charge on any atom is -0.469 e. The van der Waals surface area contributed by atoms with Gasteiger partial charge in [0.15, 0.2) is 0 Å². The summed E-state index contributed by atoms with van der Waals surface area (Å²) >= 11 is 0. The lowest BCUT2D eigenvalue weighted by atomic mass is 10.0. The topological polar surface area (TPSA) is 55.4 Å². The fourth-order valence-electron chi connectivity index (χ4n) is 2.57. The highest BCUT2D eigenvalue weighted by atomic mass is 16.5. The molecule has 0 heterocycles. The molecular weight excluding hydrogens is 290 g/mol. The van der Waals surface area contributed by atoms with Crippen LogP contribution in [0.3, 0.4) is 0 Å². The quantitative estimate of drug-likeness (QED) is 0.597. The second-order valence-electron chi connectivity index (χ2n) is 5.52. The summed E-state index contributed by atoms with van der Waals surface area (Å²) in [5, 5.41) is 5.02. The molecule has 122 valence electrons. The third kappa shape index (κ3) is 5.09. The van der Waals surface area contributed by atoms with Gasteiger partial charge in [-0.05, 0) is 29.7 Å². The van der Waals surface area contributed by atoms with Crippen molar-refractivity contribution in [1.82, 2.24) is 5.32 Å². The first-order chi connectivity index (χ1) is 11.2. The van der Waals surface area contributed by atoms with Crippen LogP contribution in [0, 0.1) is 0 Å². The number of methoxy groups -OCH3 is 1. The fraction of sp³-hybridized carbons (Fsp3) is 0.368. The predicted octanol–water partition coefficient (Wildman–Crippen LogP) is 3.69. The zero-order chi connectivity index (χ0) is 16.5. The Labute approximate surface area is 136 Å². The van der Waals surface area contributed by atoms with Crippen molar-refractivity contribution in [2.24, 2.45) is 0 Å². The van der Waals surface area contributed by atoms with Crippen LogP contribution in [-0.4, -0.2) is 25.5 Å². The lowest BCUT2D eigenvalue weighted by molar-refractivity contribution is -0.140. The lowest BCUT2D eigenvalue weighted by Gasteiger charge is -2.08. The maximum Gasteiger partial charge on any atom is 0.305 e. The Morgan fingerprint density at radius 3 is 2.52 bits per heavy atom. The van der Waals surface area contributed by atoms with Crippen molar-refractivity contribution in [2.75, 3.05) is 13.7 Å². The van der Waals surface area contributed by atoms with Crippen molar-refractivity contribution in [3.8, 4) is 0 Å². The van der Waals surface area contributed by atoms with Gasteiger partial charge in [-0.1, -0.05) is 49.2 Å². The molecule has 4 nitrogen and oxygen atoms in total. The molecule has 0 saturated heterocycles. The highest BCUT2D eigenvalue weighted by Gasteiger charge is 2.08. The largest absolute Gasteiger partial charge is 0.469 e. The van der Waals surface area contributed by atoms with Crippen LogP contribution in [-0.2, 0) is 9.53 Å². The van der Waals surface area contributed by atoms with E-state index in [1.54, 1.807) is 0 Å². The SMILES string of the molecule is COC(=O)CCCCCCNC(=O)c1cccc2ccccc12. The van der Waals surface area contributed by atoms with Gasteiger partial charge < -0.3 is 10.1 Å². The Morgan fingerprint density at radius 2 is 1.70 bits per heavy atom. The van der Waals surface area contributed by atoms with E-state index in [-0.39, 0.29) is 11.9 Å². The van der Waals surface area contributed by atoms with E-state index in [4.69, 9.17) is 0 Å². The molecule has 0 aliphatic carbocycles. The molecule has 0 radical (unpaired) electrons. The molecule has 0 fully saturated rings. The average molecular weight is 313 g/mol. The summed E-state index contributed by atoms with van der Waals surface area (Å²) in [5.74, 6) is -0.189. The number of nitrogens with one attached hydrogen (secondary N) is 1. The zero-order valence-corrected chi connectivity index (χ0v) is 13.5. The van der Waals surface area contributed by atoms with Gasteiger partial charge in [0.25, 0.3) is 5.91 Å². The summed E-state index contributed by atoms with van der Waals surface area (Å²) in [4.78, 5) is 23.3. The van der Waals surface area contributed by atoms with Gasteiger partial charge in [0, 0.05) is 18.5 Å². The Morgan fingerprint density at radius 1 is 0.957 bits per heavy atom. The first-order valence-electron chi connectivity index (χ1n) is 8.05. The molecule has 4 heteroatoms. The third-order valence-corrected chi connectivity index (χ3v) is 3.86. The maximum atomic E-state index is 12.3. The predicted molar refractivity (Wildman–Crippen MR) is 91.4 cm³/mol. The molecule has 2 aromatic carbocycles. The normalized spacial score (nSPS) is 10.5. The van der Waals surface area contributed by atoms with E-state index in [1.165, 1.54) is 7.11 Å². The van der Waals surface area contributed by atoms with E-state index >= 15 is 0 Å². The molecule has 0 aliphatic heterocycles. The van der Waals surface area contributed by atoms with Gasteiger partial charge in [-0.3, -0.25) is 9.59 Å². The minimum absolute atomic E-state index is 0.0311. The fourth-order valence-corrected chi connectivity index (χ4v) is 2.57. The summed E-state index contributed by atoms with van der Waals surface area (Å²) in [6, 6.07) is 13.7. The first-order valence-corrected chi connectivity index (χ1v) is 8.05. The Kier molecular flexibility index (Phi) is 6.60. The number of carbonyl (C=O) groups is 2. The lowest BCUT2D eigenvalue weighted by Crippen LogP contribution is -2.24. The van der Waals surface area contributed by atoms with Gasteiger partial charge in [-0.15, -0.1) is 0 Å². The minimum atomic E-state index is -0.158.